The number of aliphatic hydroxyl groups is 1. The molecule has 1 fully saturated rings. The number of nitrogens with zero attached hydrogens (tertiary/aromatic N) is 2. The summed E-state index contributed by atoms with van der Waals surface area (Å²) in [5.74, 6) is 4.30. The summed E-state index contributed by atoms with van der Waals surface area (Å²) in [5, 5.41) is 11.7. The van der Waals surface area contributed by atoms with Gasteiger partial charge in [0.2, 0.25) is 11.4 Å². The molecule has 3 heterocycles. The Labute approximate surface area is 197 Å². The van der Waals surface area contributed by atoms with Crippen LogP contribution in [0.25, 0.3) is 0 Å². The van der Waals surface area contributed by atoms with Gasteiger partial charge in [-0.3, -0.25) is 4.79 Å². The highest BCUT2D eigenvalue weighted by molar-refractivity contribution is 6.10. The molecule has 0 radical (unpaired) electrons. The lowest BCUT2D eigenvalue weighted by atomic mass is 9.93. The van der Waals surface area contributed by atoms with Crippen LogP contribution in [0.1, 0.15) is 34.5 Å². The Morgan fingerprint density at radius 2 is 1.79 bits per heavy atom. The number of ether oxygens (including phenoxy) is 1. The van der Waals surface area contributed by atoms with Crippen molar-refractivity contribution in [3.05, 3.63) is 83.8 Å². The zero-order valence-electron chi connectivity index (χ0n) is 18.6. The van der Waals surface area contributed by atoms with Crippen LogP contribution >= 0.6 is 0 Å². The van der Waals surface area contributed by atoms with E-state index in [1.54, 1.807) is 11.0 Å². The maximum absolute atomic E-state index is 13.6. The third-order valence-electron chi connectivity index (χ3n) is 6.13. The van der Waals surface area contributed by atoms with Crippen molar-refractivity contribution in [2.45, 2.75) is 25.0 Å². The average Bonchev–Trinajstić information content (AvgIpc) is 3.62. The van der Waals surface area contributed by atoms with Gasteiger partial charge in [-0.1, -0.05) is 42.3 Å². The zero-order valence-corrected chi connectivity index (χ0v) is 18.6. The summed E-state index contributed by atoms with van der Waals surface area (Å²) in [6, 6.07) is 18.4. The van der Waals surface area contributed by atoms with Crippen molar-refractivity contribution in [3.63, 3.8) is 0 Å². The summed E-state index contributed by atoms with van der Waals surface area (Å²) in [6.07, 6.45) is 3.48. The van der Waals surface area contributed by atoms with Crippen LogP contribution in [-0.2, 0) is 21.7 Å². The fourth-order valence-electron chi connectivity index (χ4n) is 4.53. The standard InChI is InChI=1S/C27H24N2O5/c30-25(23-13-7-17-33-23)34-18-8-14-27(32)24-21(28-15-4-5-16-28)11-6-12-22(24)29(26(27)31)19-20-9-2-1-3-10-20/h1-3,6-7,9-13,17,32H,4-5,15-16,18-19H2. The van der Waals surface area contributed by atoms with Crippen LogP contribution in [0.15, 0.2) is 71.3 Å². The first-order valence-corrected chi connectivity index (χ1v) is 11.3. The van der Waals surface area contributed by atoms with Crippen molar-refractivity contribution in [3.8, 4) is 11.8 Å². The van der Waals surface area contributed by atoms with Crippen molar-refractivity contribution in [1.29, 1.82) is 0 Å². The molecule has 1 atom stereocenters. The van der Waals surface area contributed by atoms with Crippen molar-refractivity contribution in [2.75, 3.05) is 29.5 Å². The Morgan fingerprint density at radius 3 is 2.53 bits per heavy atom. The van der Waals surface area contributed by atoms with Gasteiger partial charge in [-0.15, -0.1) is 0 Å². The highest BCUT2D eigenvalue weighted by Crippen LogP contribution is 2.46. The van der Waals surface area contributed by atoms with Crippen LogP contribution in [0.4, 0.5) is 11.4 Å². The number of esters is 1. The molecule has 1 aromatic heterocycles. The Kier molecular flexibility index (Phi) is 5.83. The zero-order chi connectivity index (χ0) is 23.5. The number of furan rings is 1. The van der Waals surface area contributed by atoms with Crippen molar-refractivity contribution >= 4 is 23.3 Å². The van der Waals surface area contributed by atoms with Gasteiger partial charge in [0.15, 0.2) is 6.61 Å². The lowest BCUT2D eigenvalue weighted by molar-refractivity contribution is -0.130. The number of carbonyl (C=O) groups excluding carboxylic acids is 2. The minimum absolute atomic E-state index is 0.0631. The van der Waals surface area contributed by atoms with Gasteiger partial charge in [0.25, 0.3) is 5.91 Å². The lowest BCUT2D eigenvalue weighted by Crippen LogP contribution is -2.39. The van der Waals surface area contributed by atoms with Crippen LogP contribution in [0.2, 0.25) is 0 Å². The summed E-state index contributed by atoms with van der Waals surface area (Å²) in [5.41, 5.74) is 0.840. The second-order valence-electron chi connectivity index (χ2n) is 8.31. The highest BCUT2D eigenvalue weighted by atomic mass is 16.5. The molecular formula is C27H24N2O5. The summed E-state index contributed by atoms with van der Waals surface area (Å²) < 4.78 is 10.1. The topological polar surface area (TPSA) is 83.2 Å². The van der Waals surface area contributed by atoms with E-state index in [2.05, 4.69) is 16.7 Å². The number of fused-ring (bicyclic) bond motifs is 1. The van der Waals surface area contributed by atoms with Crippen molar-refractivity contribution in [1.82, 2.24) is 0 Å². The van der Waals surface area contributed by atoms with E-state index < -0.39 is 17.5 Å². The van der Waals surface area contributed by atoms with Crippen LogP contribution in [0.3, 0.4) is 0 Å². The second-order valence-corrected chi connectivity index (χ2v) is 8.31. The quantitative estimate of drug-likeness (QED) is 0.468. The summed E-state index contributed by atoms with van der Waals surface area (Å²) >= 11 is 0. The molecular weight excluding hydrogens is 432 g/mol. The highest BCUT2D eigenvalue weighted by Gasteiger charge is 2.51. The van der Waals surface area contributed by atoms with E-state index >= 15 is 0 Å². The van der Waals surface area contributed by atoms with Gasteiger partial charge in [-0.25, -0.2) is 4.79 Å². The van der Waals surface area contributed by atoms with E-state index in [0.717, 1.165) is 37.2 Å². The van der Waals surface area contributed by atoms with Crippen molar-refractivity contribution < 1.29 is 23.8 Å². The second kappa shape index (κ2) is 9.08. The first-order chi connectivity index (χ1) is 16.6. The molecule has 172 valence electrons. The van der Waals surface area contributed by atoms with Gasteiger partial charge >= 0.3 is 5.97 Å². The molecule has 1 amide bonds. The summed E-state index contributed by atoms with van der Waals surface area (Å²) in [6.45, 7) is 1.74. The molecule has 34 heavy (non-hydrogen) atoms. The number of rotatable bonds is 5. The average molecular weight is 456 g/mol. The fraction of sp³-hybridized carbons (Fsp3) is 0.259. The fourth-order valence-corrected chi connectivity index (χ4v) is 4.53. The molecule has 0 aliphatic carbocycles. The third kappa shape index (κ3) is 3.93. The van der Waals surface area contributed by atoms with E-state index in [4.69, 9.17) is 9.15 Å². The van der Waals surface area contributed by atoms with Gasteiger partial charge < -0.3 is 24.1 Å². The number of benzene rings is 2. The van der Waals surface area contributed by atoms with Crippen LogP contribution < -0.4 is 9.80 Å². The Balaban J connectivity index is 1.48. The third-order valence-corrected chi connectivity index (χ3v) is 6.13. The van der Waals surface area contributed by atoms with Gasteiger partial charge in [0.05, 0.1) is 24.1 Å². The minimum atomic E-state index is -2.04. The van der Waals surface area contributed by atoms with E-state index in [1.165, 1.54) is 12.3 Å². The number of hydrogen-bond acceptors (Lipinski definition) is 6. The number of anilines is 2. The van der Waals surface area contributed by atoms with Crippen LogP contribution in [-0.4, -0.2) is 36.7 Å². The number of hydrogen-bond donors (Lipinski definition) is 1. The first-order valence-electron chi connectivity index (χ1n) is 11.3. The summed E-state index contributed by atoms with van der Waals surface area (Å²) in [4.78, 5) is 29.4. The molecule has 7 nitrogen and oxygen atoms in total. The molecule has 5 rings (SSSR count). The Bertz CT molecular complexity index is 1250. The maximum atomic E-state index is 13.6. The molecule has 2 aliphatic rings. The molecule has 0 saturated carbocycles. The molecule has 7 heteroatoms. The maximum Gasteiger partial charge on any atom is 0.375 e. The van der Waals surface area contributed by atoms with Crippen LogP contribution in [0.5, 0.6) is 0 Å². The normalized spacial score (nSPS) is 19.0. The largest absolute Gasteiger partial charge is 0.457 e. The van der Waals surface area contributed by atoms with E-state index in [9.17, 15) is 14.7 Å². The molecule has 0 spiro atoms. The number of amides is 1. The Hall–Kier alpha value is -4.02. The molecule has 1 saturated heterocycles. The predicted molar refractivity (Wildman–Crippen MR) is 126 cm³/mol. The van der Waals surface area contributed by atoms with Gasteiger partial charge in [0.1, 0.15) is 0 Å². The molecule has 1 N–H and O–H groups in total. The molecule has 1 unspecified atom stereocenters. The minimum Gasteiger partial charge on any atom is -0.457 e. The van der Waals surface area contributed by atoms with E-state index in [-0.39, 0.29) is 12.4 Å². The molecule has 2 aliphatic heterocycles. The van der Waals surface area contributed by atoms with Crippen LogP contribution in [0, 0.1) is 11.8 Å². The molecule has 0 bridgehead atoms. The first kappa shape index (κ1) is 21.8. The molecule has 3 aromatic rings. The van der Waals surface area contributed by atoms with E-state index in [0.29, 0.717) is 17.8 Å². The smallest absolute Gasteiger partial charge is 0.375 e. The summed E-state index contributed by atoms with van der Waals surface area (Å²) in [7, 11) is 0. The van der Waals surface area contributed by atoms with Gasteiger partial charge in [-0.2, -0.15) is 0 Å². The van der Waals surface area contributed by atoms with Gasteiger partial charge in [0, 0.05) is 18.8 Å². The SMILES string of the molecule is O=C(OCC#CC1(O)C(=O)N(Cc2ccccc2)c2cccc(N3CCCC3)c21)c1ccco1. The Morgan fingerprint density at radius 1 is 1.03 bits per heavy atom. The van der Waals surface area contributed by atoms with Gasteiger partial charge in [-0.05, 0) is 48.6 Å². The lowest BCUT2D eigenvalue weighted by Gasteiger charge is -2.24. The van der Waals surface area contributed by atoms with Crippen molar-refractivity contribution in [2.24, 2.45) is 0 Å². The predicted octanol–water partition coefficient (Wildman–Crippen LogP) is 3.47. The van der Waals surface area contributed by atoms with E-state index in [1.807, 2.05) is 48.5 Å². The number of carbonyl (C=O) groups is 2. The monoisotopic (exact) mass is 456 g/mol. The molecule has 2 aromatic carbocycles.